The van der Waals surface area contributed by atoms with Crippen molar-refractivity contribution < 1.29 is 0 Å². The molecular weight excluding hydrogens is 192 g/mol. The Bertz CT molecular complexity index is 114. The first-order valence-electron chi connectivity index (χ1n) is 4.20. The van der Waals surface area contributed by atoms with E-state index in [0.717, 1.165) is 15.1 Å². The quantitative estimate of drug-likeness (QED) is 0.637. The summed E-state index contributed by atoms with van der Waals surface area (Å²) in [6.07, 6.45) is 2.69. The summed E-state index contributed by atoms with van der Waals surface area (Å²) in [5.41, 5.74) is 0. The van der Waals surface area contributed by atoms with Gasteiger partial charge in [-0.25, -0.2) is 0 Å². The van der Waals surface area contributed by atoms with Gasteiger partial charge in [-0.05, 0) is 18.8 Å². The predicted octanol–water partition coefficient (Wildman–Crippen LogP) is 4.22. The minimum absolute atomic E-state index is 0.858. The molecule has 11 heavy (non-hydrogen) atoms. The molecule has 0 bridgehead atoms. The SMILES string of the molecule is CCC1SSC(CC(C)C)S1. The topological polar surface area (TPSA) is 0 Å². The van der Waals surface area contributed by atoms with E-state index in [1.807, 2.05) is 0 Å². The molecule has 0 aliphatic carbocycles. The Morgan fingerprint density at radius 2 is 1.82 bits per heavy atom. The van der Waals surface area contributed by atoms with Crippen LogP contribution in [0.15, 0.2) is 0 Å². The second kappa shape index (κ2) is 4.93. The Balaban J connectivity index is 2.19. The van der Waals surface area contributed by atoms with Gasteiger partial charge in [0.05, 0.1) is 9.16 Å². The van der Waals surface area contributed by atoms with Crippen molar-refractivity contribution in [3.05, 3.63) is 0 Å². The van der Waals surface area contributed by atoms with E-state index in [1.165, 1.54) is 12.8 Å². The third kappa shape index (κ3) is 3.51. The van der Waals surface area contributed by atoms with Crippen LogP contribution in [0.2, 0.25) is 0 Å². The van der Waals surface area contributed by atoms with E-state index in [0.29, 0.717) is 0 Å². The molecule has 0 aromatic rings. The van der Waals surface area contributed by atoms with Gasteiger partial charge in [0.2, 0.25) is 0 Å². The zero-order chi connectivity index (χ0) is 8.27. The molecule has 1 fully saturated rings. The zero-order valence-electron chi connectivity index (χ0n) is 7.37. The molecule has 0 saturated carbocycles. The normalized spacial score (nSPS) is 31.6. The lowest BCUT2D eigenvalue weighted by Gasteiger charge is -2.09. The van der Waals surface area contributed by atoms with Crippen LogP contribution in [0.4, 0.5) is 0 Å². The molecule has 0 spiro atoms. The van der Waals surface area contributed by atoms with Crippen LogP contribution in [0.1, 0.15) is 33.6 Å². The number of hydrogen-bond donors (Lipinski definition) is 0. The van der Waals surface area contributed by atoms with Gasteiger partial charge >= 0.3 is 0 Å². The molecule has 0 aromatic carbocycles. The lowest BCUT2D eigenvalue weighted by atomic mass is 10.2. The van der Waals surface area contributed by atoms with Gasteiger partial charge in [0, 0.05) is 0 Å². The molecule has 1 aliphatic rings. The van der Waals surface area contributed by atoms with Gasteiger partial charge < -0.3 is 0 Å². The summed E-state index contributed by atoms with van der Waals surface area (Å²) >= 11 is 2.16. The fourth-order valence-corrected chi connectivity index (χ4v) is 7.26. The highest BCUT2D eigenvalue weighted by atomic mass is 33.1. The van der Waals surface area contributed by atoms with Gasteiger partial charge in [-0.3, -0.25) is 0 Å². The summed E-state index contributed by atoms with van der Waals surface area (Å²) in [5, 5.41) is 0. The fourth-order valence-electron chi connectivity index (χ4n) is 0.983. The molecule has 1 rings (SSSR count). The first-order valence-corrected chi connectivity index (χ1v) is 7.41. The molecule has 66 valence electrons. The average Bonchev–Trinajstić information content (AvgIpc) is 2.34. The van der Waals surface area contributed by atoms with Crippen molar-refractivity contribution in [2.45, 2.75) is 42.8 Å². The molecule has 1 aliphatic heterocycles. The van der Waals surface area contributed by atoms with Crippen LogP contribution in [0.5, 0.6) is 0 Å². The van der Waals surface area contributed by atoms with Crippen molar-refractivity contribution in [2.24, 2.45) is 5.92 Å². The van der Waals surface area contributed by atoms with E-state index in [9.17, 15) is 0 Å². The van der Waals surface area contributed by atoms with Gasteiger partial charge in [-0.2, -0.15) is 0 Å². The van der Waals surface area contributed by atoms with Crippen LogP contribution in [0.25, 0.3) is 0 Å². The summed E-state index contributed by atoms with van der Waals surface area (Å²) in [6, 6.07) is 0. The highest BCUT2D eigenvalue weighted by molar-refractivity contribution is 8.82. The van der Waals surface area contributed by atoms with E-state index in [-0.39, 0.29) is 0 Å². The maximum absolute atomic E-state index is 2.31. The number of hydrogen-bond acceptors (Lipinski definition) is 3. The molecule has 1 saturated heterocycles. The first-order chi connectivity index (χ1) is 5.22. The first kappa shape index (κ1) is 10.1. The molecule has 3 heteroatoms. The summed E-state index contributed by atoms with van der Waals surface area (Å²) in [6.45, 7) is 6.90. The standard InChI is InChI=1S/C8H16S3/c1-4-7-9-8(11-10-7)5-6(2)3/h6-8H,4-5H2,1-3H3. The van der Waals surface area contributed by atoms with Crippen molar-refractivity contribution in [2.75, 3.05) is 0 Å². The van der Waals surface area contributed by atoms with Crippen molar-refractivity contribution in [1.82, 2.24) is 0 Å². The van der Waals surface area contributed by atoms with Gasteiger partial charge in [0.25, 0.3) is 0 Å². The maximum atomic E-state index is 2.31. The van der Waals surface area contributed by atoms with Crippen LogP contribution in [0, 0.1) is 5.92 Å². The molecule has 0 radical (unpaired) electrons. The van der Waals surface area contributed by atoms with Crippen molar-refractivity contribution in [3.8, 4) is 0 Å². The molecular formula is C8H16S3. The third-order valence-corrected chi connectivity index (χ3v) is 7.47. The third-order valence-electron chi connectivity index (χ3n) is 1.57. The summed E-state index contributed by atoms with van der Waals surface area (Å²) in [7, 11) is 4.16. The number of thioether (sulfide) groups is 1. The van der Waals surface area contributed by atoms with Crippen molar-refractivity contribution >= 4 is 33.3 Å². The van der Waals surface area contributed by atoms with Crippen LogP contribution in [-0.4, -0.2) is 9.16 Å². The van der Waals surface area contributed by atoms with Crippen LogP contribution in [-0.2, 0) is 0 Å². The van der Waals surface area contributed by atoms with Crippen molar-refractivity contribution in [3.63, 3.8) is 0 Å². The Kier molecular flexibility index (Phi) is 4.54. The maximum Gasteiger partial charge on any atom is 0.0620 e. The van der Waals surface area contributed by atoms with E-state index in [1.54, 1.807) is 0 Å². The second-order valence-electron chi connectivity index (χ2n) is 3.23. The van der Waals surface area contributed by atoms with Crippen molar-refractivity contribution in [1.29, 1.82) is 0 Å². The van der Waals surface area contributed by atoms with Crippen LogP contribution in [0.3, 0.4) is 0 Å². The van der Waals surface area contributed by atoms with Gasteiger partial charge in [-0.15, -0.1) is 11.8 Å². The second-order valence-corrected chi connectivity index (χ2v) is 7.91. The monoisotopic (exact) mass is 208 g/mol. The number of rotatable bonds is 3. The summed E-state index contributed by atoms with van der Waals surface area (Å²) in [5.74, 6) is 0.858. The summed E-state index contributed by atoms with van der Waals surface area (Å²) < 4.78 is 1.73. The lowest BCUT2D eigenvalue weighted by Crippen LogP contribution is -1.99. The Hall–Kier alpha value is 1.05. The molecule has 0 N–H and O–H groups in total. The minimum atomic E-state index is 0.858. The van der Waals surface area contributed by atoms with E-state index in [4.69, 9.17) is 0 Å². The Morgan fingerprint density at radius 1 is 1.18 bits per heavy atom. The molecule has 2 atom stereocenters. The average molecular weight is 208 g/mol. The van der Waals surface area contributed by atoms with E-state index < -0.39 is 0 Å². The molecule has 1 heterocycles. The highest BCUT2D eigenvalue weighted by Crippen LogP contribution is 2.53. The smallest absolute Gasteiger partial charge is 0.0620 e. The molecule has 0 nitrogen and oxygen atoms in total. The molecule has 0 amide bonds. The predicted molar refractivity (Wildman–Crippen MR) is 60.1 cm³/mol. The Morgan fingerprint density at radius 3 is 2.27 bits per heavy atom. The van der Waals surface area contributed by atoms with E-state index >= 15 is 0 Å². The van der Waals surface area contributed by atoms with Crippen LogP contribution >= 0.6 is 33.3 Å². The van der Waals surface area contributed by atoms with E-state index in [2.05, 4.69) is 54.1 Å². The largest absolute Gasteiger partial charge is 0.131 e. The lowest BCUT2D eigenvalue weighted by molar-refractivity contribution is 0.620. The zero-order valence-corrected chi connectivity index (χ0v) is 9.82. The van der Waals surface area contributed by atoms with Gasteiger partial charge in [0.1, 0.15) is 0 Å². The molecule has 2 unspecified atom stereocenters. The molecule has 0 aromatic heterocycles. The summed E-state index contributed by atoms with van der Waals surface area (Å²) in [4.78, 5) is 0. The van der Waals surface area contributed by atoms with Gasteiger partial charge in [-0.1, -0.05) is 42.4 Å². The Labute approximate surface area is 82.1 Å². The fraction of sp³-hybridized carbons (Fsp3) is 1.00. The minimum Gasteiger partial charge on any atom is -0.131 e. The van der Waals surface area contributed by atoms with Gasteiger partial charge in [0.15, 0.2) is 0 Å². The van der Waals surface area contributed by atoms with Crippen LogP contribution < -0.4 is 0 Å². The highest BCUT2D eigenvalue weighted by Gasteiger charge is 2.25.